The zero-order chi connectivity index (χ0) is 13.9. The van der Waals surface area contributed by atoms with E-state index in [1.54, 1.807) is 0 Å². The summed E-state index contributed by atoms with van der Waals surface area (Å²) in [5.41, 5.74) is 1.50. The number of nitrogens with one attached hydrogen (secondary N) is 1. The lowest BCUT2D eigenvalue weighted by atomic mass is 10.1. The van der Waals surface area contributed by atoms with E-state index in [9.17, 15) is 0 Å². The topological polar surface area (TPSA) is 24.9 Å². The number of thioether (sulfide) groups is 1. The van der Waals surface area contributed by atoms with Crippen molar-refractivity contribution in [2.24, 2.45) is 0 Å². The Bertz CT molecular complexity index is 554. The third-order valence-corrected chi connectivity index (χ3v) is 6.30. The Morgan fingerprint density at radius 2 is 2.25 bits per heavy atom. The maximum absolute atomic E-state index is 4.52. The maximum Gasteiger partial charge on any atom is 0.109 e. The molecule has 0 spiro atoms. The van der Waals surface area contributed by atoms with Crippen LogP contribution in [0, 0.1) is 0 Å². The fourth-order valence-corrected chi connectivity index (χ4v) is 4.59. The molecule has 1 aromatic heterocycles. The van der Waals surface area contributed by atoms with Crippen molar-refractivity contribution in [3.05, 3.63) is 45.9 Å². The molecule has 2 aromatic rings. The van der Waals surface area contributed by atoms with Crippen molar-refractivity contribution in [1.82, 2.24) is 10.3 Å². The van der Waals surface area contributed by atoms with Crippen LogP contribution < -0.4 is 5.32 Å². The van der Waals surface area contributed by atoms with Crippen LogP contribution in [-0.4, -0.2) is 16.8 Å². The van der Waals surface area contributed by atoms with Crippen LogP contribution in [0.4, 0.5) is 0 Å². The van der Waals surface area contributed by atoms with E-state index in [1.807, 2.05) is 29.3 Å². The molecular weight excluding hydrogens is 284 g/mol. The molecule has 2 unspecified atom stereocenters. The minimum absolute atomic E-state index is 0.351. The Balaban J connectivity index is 1.53. The van der Waals surface area contributed by atoms with Crippen molar-refractivity contribution in [1.29, 1.82) is 0 Å². The molecule has 0 aliphatic carbocycles. The monoisotopic (exact) mass is 304 g/mol. The molecule has 4 heteroatoms. The second-order valence-corrected chi connectivity index (χ2v) is 7.69. The Morgan fingerprint density at radius 3 is 3.00 bits per heavy atom. The molecule has 20 heavy (non-hydrogen) atoms. The molecule has 1 aliphatic rings. The molecule has 2 nitrogen and oxygen atoms in total. The molecular formula is C16H20N2S2. The van der Waals surface area contributed by atoms with Gasteiger partial charge in [-0.2, -0.15) is 0 Å². The standard InChI is InChI=1S/C16H20N2S2/c1-3-13-9-18-16(20-13)11(2)17-10-14-8-12-6-4-5-7-15(12)19-14/h4-7,9,11,14,17H,3,8,10H2,1-2H3. The number of thiazole rings is 1. The van der Waals surface area contributed by atoms with Crippen molar-refractivity contribution in [3.63, 3.8) is 0 Å². The quantitative estimate of drug-likeness (QED) is 0.901. The highest BCUT2D eigenvalue weighted by atomic mass is 32.2. The van der Waals surface area contributed by atoms with Gasteiger partial charge in [0.2, 0.25) is 0 Å². The zero-order valence-corrected chi connectivity index (χ0v) is 13.6. The van der Waals surface area contributed by atoms with Gasteiger partial charge in [0, 0.05) is 27.8 Å². The second kappa shape index (κ2) is 6.29. The Labute approximate surface area is 129 Å². The first kappa shape index (κ1) is 14.1. The molecule has 3 rings (SSSR count). The van der Waals surface area contributed by atoms with Crippen LogP contribution in [0.1, 0.15) is 35.3 Å². The third kappa shape index (κ3) is 3.08. The van der Waals surface area contributed by atoms with Crippen LogP contribution in [0.25, 0.3) is 0 Å². The second-order valence-electron chi connectivity index (χ2n) is 5.20. The van der Waals surface area contributed by atoms with Crippen molar-refractivity contribution < 1.29 is 0 Å². The summed E-state index contributed by atoms with van der Waals surface area (Å²) in [5, 5.41) is 5.50. The van der Waals surface area contributed by atoms with E-state index < -0.39 is 0 Å². The summed E-state index contributed by atoms with van der Waals surface area (Å²) in [5.74, 6) is 0. The molecule has 0 amide bonds. The first-order chi connectivity index (χ1) is 9.76. The van der Waals surface area contributed by atoms with Crippen LogP contribution in [0.15, 0.2) is 35.4 Å². The molecule has 2 heterocycles. The van der Waals surface area contributed by atoms with Gasteiger partial charge in [0.05, 0.1) is 6.04 Å². The molecule has 0 saturated heterocycles. The smallest absolute Gasteiger partial charge is 0.109 e. The summed E-state index contributed by atoms with van der Waals surface area (Å²) in [4.78, 5) is 7.35. The SMILES string of the molecule is CCc1cnc(C(C)NCC2Cc3ccccc3S2)s1. The summed E-state index contributed by atoms with van der Waals surface area (Å²) in [6.45, 7) is 5.44. The van der Waals surface area contributed by atoms with E-state index in [1.165, 1.54) is 26.8 Å². The van der Waals surface area contributed by atoms with Gasteiger partial charge < -0.3 is 5.32 Å². The van der Waals surface area contributed by atoms with Gasteiger partial charge in [-0.15, -0.1) is 23.1 Å². The van der Waals surface area contributed by atoms with E-state index in [2.05, 4.69) is 48.4 Å². The predicted octanol–water partition coefficient (Wildman–Crippen LogP) is 4.07. The van der Waals surface area contributed by atoms with Gasteiger partial charge in [0.1, 0.15) is 5.01 Å². The van der Waals surface area contributed by atoms with Crippen molar-refractivity contribution in [2.75, 3.05) is 6.54 Å². The minimum atomic E-state index is 0.351. The fourth-order valence-electron chi connectivity index (χ4n) is 2.45. The van der Waals surface area contributed by atoms with Crippen LogP contribution >= 0.6 is 23.1 Å². The Hall–Kier alpha value is -0.840. The average Bonchev–Trinajstić information content (AvgIpc) is 3.10. The van der Waals surface area contributed by atoms with E-state index in [4.69, 9.17) is 0 Å². The lowest BCUT2D eigenvalue weighted by molar-refractivity contribution is 0.564. The van der Waals surface area contributed by atoms with Gasteiger partial charge in [-0.05, 0) is 31.4 Å². The largest absolute Gasteiger partial charge is 0.307 e. The van der Waals surface area contributed by atoms with Gasteiger partial charge in [-0.25, -0.2) is 4.98 Å². The number of benzene rings is 1. The van der Waals surface area contributed by atoms with Gasteiger partial charge >= 0.3 is 0 Å². The number of hydrogen-bond acceptors (Lipinski definition) is 4. The number of rotatable bonds is 5. The van der Waals surface area contributed by atoms with E-state index in [-0.39, 0.29) is 0 Å². The molecule has 1 aliphatic heterocycles. The minimum Gasteiger partial charge on any atom is -0.307 e. The number of nitrogens with zero attached hydrogens (tertiary/aromatic N) is 1. The summed E-state index contributed by atoms with van der Waals surface area (Å²) in [6.07, 6.45) is 4.27. The maximum atomic E-state index is 4.52. The molecule has 0 radical (unpaired) electrons. The summed E-state index contributed by atoms with van der Waals surface area (Å²) in [6, 6.07) is 9.11. The predicted molar refractivity (Wildman–Crippen MR) is 87.7 cm³/mol. The summed E-state index contributed by atoms with van der Waals surface area (Å²) >= 11 is 3.83. The summed E-state index contributed by atoms with van der Waals surface area (Å²) < 4.78 is 0. The van der Waals surface area contributed by atoms with E-state index >= 15 is 0 Å². The molecule has 0 fully saturated rings. The van der Waals surface area contributed by atoms with Crippen molar-refractivity contribution in [3.8, 4) is 0 Å². The van der Waals surface area contributed by atoms with Crippen LogP contribution in [0.5, 0.6) is 0 Å². The lowest BCUT2D eigenvalue weighted by Crippen LogP contribution is -2.27. The van der Waals surface area contributed by atoms with E-state index in [0.29, 0.717) is 11.3 Å². The number of hydrogen-bond donors (Lipinski definition) is 1. The van der Waals surface area contributed by atoms with Gasteiger partial charge in [-0.1, -0.05) is 25.1 Å². The van der Waals surface area contributed by atoms with Gasteiger partial charge in [0.25, 0.3) is 0 Å². The molecule has 0 saturated carbocycles. The highest BCUT2D eigenvalue weighted by Gasteiger charge is 2.22. The third-order valence-electron chi connectivity index (χ3n) is 3.66. The van der Waals surface area contributed by atoms with Crippen LogP contribution in [0.3, 0.4) is 0 Å². The van der Waals surface area contributed by atoms with Gasteiger partial charge in [-0.3, -0.25) is 0 Å². The Kier molecular flexibility index (Phi) is 4.44. The van der Waals surface area contributed by atoms with Crippen molar-refractivity contribution in [2.45, 2.75) is 42.9 Å². The van der Waals surface area contributed by atoms with E-state index in [0.717, 1.165) is 13.0 Å². The lowest BCUT2D eigenvalue weighted by Gasteiger charge is -2.14. The highest BCUT2D eigenvalue weighted by Crippen LogP contribution is 2.36. The molecule has 1 aromatic carbocycles. The van der Waals surface area contributed by atoms with Crippen LogP contribution in [0.2, 0.25) is 0 Å². The molecule has 1 N–H and O–H groups in total. The molecule has 0 bridgehead atoms. The molecule has 106 valence electrons. The number of aromatic nitrogens is 1. The van der Waals surface area contributed by atoms with Gasteiger partial charge in [0.15, 0.2) is 0 Å². The fraction of sp³-hybridized carbons (Fsp3) is 0.438. The first-order valence-electron chi connectivity index (χ1n) is 7.18. The normalized spacial score (nSPS) is 19.0. The average molecular weight is 304 g/mol. The van der Waals surface area contributed by atoms with Crippen LogP contribution in [-0.2, 0) is 12.8 Å². The first-order valence-corrected chi connectivity index (χ1v) is 8.88. The van der Waals surface area contributed by atoms with Crippen molar-refractivity contribution >= 4 is 23.1 Å². The number of fused-ring (bicyclic) bond motifs is 1. The summed E-state index contributed by atoms with van der Waals surface area (Å²) in [7, 11) is 0. The highest BCUT2D eigenvalue weighted by molar-refractivity contribution is 8.00. The Morgan fingerprint density at radius 1 is 1.40 bits per heavy atom. The number of aryl methyl sites for hydroxylation is 1. The zero-order valence-electron chi connectivity index (χ0n) is 11.9. The molecule has 2 atom stereocenters.